The molecule has 20 heavy (non-hydrogen) atoms. The van der Waals surface area contributed by atoms with Crippen LogP contribution in [0.3, 0.4) is 0 Å². The number of unbranched alkanes of at least 4 members (excludes halogenated alkanes) is 1. The van der Waals surface area contributed by atoms with Crippen molar-refractivity contribution in [3.05, 3.63) is 28.8 Å². The van der Waals surface area contributed by atoms with Crippen molar-refractivity contribution in [3.8, 4) is 5.75 Å². The number of phenols is 1. The van der Waals surface area contributed by atoms with Gasteiger partial charge in [0.25, 0.3) is 0 Å². The van der Waals surface area contributed by atoms with Crippen LogP contribution in [0.4, 0.5) is 0 Å². The summed E-state index contributed by atoms with van der Waals surface area (Å²) in [5.74, 6) is 1.18. The van der Waals surface area contributed by atoms with E-state index < -0.39 is 0 Å². The Morgan fingerprint density at radius 1 is 0.900 bits per heavy atom. The molecule has 0 aliphatic heterocycles. The van der Waals surface area contributed by atoms with Crippen LogP contribution in [-0.2, 0) is 17.3 Å². The van der Waals surface area contributed by atoms with Crippen molar-refractivity contribution in [2.45, 2.75) is 71.6 Å². The van der Waals surface area contributed by atoms with Crippen LogP contribution in [-0.4, -0.2) is 11.0 Å². The van der Waals surface area contributed by atoms with E-state index in [1.165, 1.54) is 5.56 Å². The number of benzene rings is 1. The molecule has 1 nitrogen and oxygen atoms in total. The molecule has 0 amide bonds. The zero-order valence-corrected chi connectivity index (χ0v) is 14.6. The monoisotopic (exact) mass is 296 g/mol. The lowest BCUT2D eigenvalue weighted by atomic mass is 9.78. The second-order valence-corrected chi connectivity index (χ2v) is 8.06. The van der Waals surface area contributed by atoms with Crippen LogP contribution in [0.5, 0.6) is 5.75 Å². The summed E-state index contributed by atoms with van der Waals surface area (Å²) in [5.41, 5.74) is 3.30. The summed E-state index contributed by atoms with van der Waals surface area (Å²) in [5, 5.41) is 10.6. The molecular weight excluding hydrogens is 268 g/mol. The first kappa shape index (κ1) is 17.4. The highest BCUT2D eigenvalue weighted by Gasteiger charge is 2.26. The van der Waals surface area contributed by atoms with Crippen LogP contribution in [0, 0.1) is 0 Å². The number of hydrogen-bond acceptors (Lipinski definition) is 1. The third kappa shape index (κ3) is 4.41. The molecule has 0 aliphatic rings. The first-order valence-corrected chi connectivity index (χ1v) is 8.03. The number of aromatic hydroxyl groups is 1. The van der Waals surface area contributed by atoms with Crippen molar-refractivity contribution in [1.82, 2.24) is 0 Å². The number of halogens is 1. The van der Waals surface area contributed by atoms with Crippen LogP contribution >= 0.6 is 11.6 Å². The number of alkyl halides is 1. The fourth-order valence-corrected chi connectivity index (χ4v) is 2.59. The minimum absolute atomic E-state index is 0.0490. The van der Waals surface area contributed by atoms with Gasteiger partial charge in [-0.3, -0.25) is 0 Å². The van der Waals surface area contributed by atoms with E-state index in [1.54, 1.807) is 0 Å². The van der Waals surface area contributed by atoms with Gasteiger partial charge in [0, 0.05) is 5.88 Å². The molecule has 0 spiro atoms. The second kappa shape index (κ2) is 6.39. The van der Waals surface area contributed by atoms with Crippen molar-refractivity contribution in [3.63, 3.8) is 0 Å². The second-order valence-electron chi connectivity index (χ2n) is 7.69. The smallest absolute Gasteiger partial charge is 0.123 e. The van der Waals surface area contributed by atoms with Crippen molar-refractivity contribution >= 4 is 11.6 Å². The number of rotatable bonds is 4. The van der Waals surface area contributed by atoms with Gasteiger partial charge in [0.1, 0.15) is 5.75 Å². The summed E-state index contributed by atoms with van der Waals surface area (Å²) in [6, 6.07) is 4.33. The predicted molar refractivity (Wildman–Crippen MR) is 89.2 cm³/mol. The SMILES string of the molecule is CC(C)(C)c1cc(CCCCCl)cc(C(C)(C)C)c1O. The van der Waals surface area contributed by atoms with E-state index in [9.17, 15) is 5.11 Å². The molecule has 1 rings (SSSR count). The fourth-order valence-electron chi connectivity index (χ4n) is 2.41. The highest BCUT2D eigenvalue weighted by atomic mass is 35.5. The molecule has 1 N–H and O–H groups in total. The lowest BCUT2D eigenvalue weighted by Gasteiger charge is -2.28. The van der Waals surface area contributed by atoms with Gasteiger partial charge in [-0.25, -0.2) is 0 Å². The van der Waals surface area contributed by atoms with E-state index in [0.717, 1.165) is 36.3 Å². The zero-order chi connectivity index (χ0) is 15.6. The van der Waals surface area contributed by atoms with Crippen molar-refractivity contribution < 1.29 is 5.11 Å². The molecule has 0 unspecified atom stereocenters. The average Bonchev–Trinajstić information content (AvgIpc) is 2.28. The van der Waals surface area contributed by atoms with Crippen molar-refractivity contribution in [2.75, 3.05) is 5.88 Å². The van der Waals surface area contributed by atoms with E-state index in [-0.39, 0.29) is 10.8 Å². The molecule has 0 atom stereocenters. The van der Waals surface area contributed by atoms with Crippen molar-refractivity contribution in [2.24, 2.45) is 0 Å². The Morgan fingerprint density at radius 3 is 1.70 bits per heavy atom. The molecule has 0 aliphatic carbocycles. The van der Waals surface area contributed by atoms with E-state index >= 15 is 0 Å². The molecule has 0 bridgehead atoms. The summed E-state index contributed by atoms with van der Waals surface area (Å²) in [6.07, 6.45) is 3.17. The van der Waals surface area contributed by atoms with E-state index in [2.05, 4.69) is 53.7 Å². The predicted octanol–water partition coefficient (Wildman–Crippen LogP) is 5.55. The van der Waals surface area contributed by atoms with Crippen LogP contribution in [0.1, 0.15) is 71.1 Å². The normalized spacial score (nSPS) is 12.8. The Labute approximate surface area is 129 Å². The number of aryl methyl sites for hydroxylation is 1. The average molecular weight is 297 g/mol. The van der Waals surface area contributed by atoms with Gasteiger partial charge in [0.2, 0.25) is 0 Å². The van der Waals surface area contributed by atoms with Gasteiger partial charge in [0.15, 0.2) is 0 Å². The zero-order valence-electron chi connectivity index (χ0n) is 13.8. The van der Waals surface area contributed by atoms with Crippen LogP contribution in [0.15, 0.2) is 12.1 Å². The number of hydrogen-bond donors (Lipinski definition) is 1. The van der Waals surface area contributed by atoms with Gasteiger partial charge in [-0.15, -0.1) is 11.6 Å². The van der Waals surface area contributed by atoms with Gasteiger partial charge in [-0.05, 0) is 46.8 Å². The lowest BCUT2D eigenvalue weighted by molar-refractivity contribution is 0.422. The Hall–Kier alpha value is -0.690. The third-order valence-electron chi connectivity index (χ3n) is 3.63. The van der Waals surface area contributed by atoms with E-state index in [4.69, 9.17) is 11.6 Å². The summed E-state index contributed by atoms with van der Waals surface area (Å²) < 4.78 is 0. The van der Waals surface area contributed by atoms with Gasteiger partial charge in [0.05, 0.1) is 0 Å². The molecular formula is C18H29ClO. The minimum atomic E-state index is -0.0490. The standard InChI is InChI=1S/C18H29ClO/c1-17(2,3)14-11-13(9-7-8-10-19)12-15(16(14)20)18(4,5)6/h11-12,20H,7-10H2,1-6H3. The van der Waals surface area contributed by atoms with Gasteiger partial charge < -0.3 is 5.11 Å². The van der Waals surface area contributed by atoms with Crippen LogP contribution in [0.25, 0.3) is 0 Å². The Kier molecular flexibility index (Phi) is 5.54. The molecule has 0 fully saturated rings. The molecule has 0 saturated heterocycles. The third-order valence-corrected chi connectivity index (χ3v) is 3.90. The van der Waals surface area contributed by atoms with Crippen LogP contribution < -0.4 is 0 Å². The summed E-state index contributed by atoms with van der Waals surface area (Å²) >= 11 is 5.76. The summed E-state index contributed by atoms with van der Waals surface area (Å²) in [7, 11) is 0. The van der Waals surface area contributed by atoms with E-state index in [0.29, 0.717) is 5.75 Å². The van der Waals surface area contributed by atoms with Crippen molar-refractivity contribution in [1.29, 1.82) is 0 Å². The van der Waals surface area contributed by atoms with E-state index in [1.807, 2.05) is 0 Å². The first-order chi connectivity index (χ1) is 9.07. The minimum Gasteiger partial charge on any atom is -0.507 e. The summed E-state index contributed by atoms with van der Waals surface area (Å²) in [6.45, 7) is 12.9. The van der Waals surface area contributed by atoms with Gasteiger partial charge in [-0.1, -0.05) is 53.7 Å². The van der Waals surface area contributed by atoms with Crippen LogP contribution in [0.2, 0.25) is 0 Å². The highest BCUT2D eigenvalue weighted by Crippen LogP contribution is 2.39. The summed E-state index contributed by atoms with van der Waals surface area (Å²) in [4.78, 5) is 0. The van der Waals surface area contributed by atoms with Gasteiger partial charge in [-0.2, -0.15) is 0 Å². The molecule has 1 aromatic rings. The topological polar surface area (TPSA) is 20.2 Å². The number of phenolic OH excluding ortho intramolecular Hbond substituents is 1. The maximum atomic E-state index is 10.6. The first-order valence-electron chi connectivity index (χ1n) is 7.50. The quantitative estimate of drug-likeness (QED) is 0.570. The van der Waals surface area contributed by atoms with Gasteiger partial charge >= 0.3 is 0 Å². The maximum absolute atomic E-state index is 10.6. The molecule has 1 aromatic carbocycles. The molecule has 0 aromatic heterocycles. The Balaban J connectivity index is 3.28. The Morgan fingerprint density at radius 2 is 1.35 bits per heavy atom. The molecule has 0 radical (unpaired) electrons. The molecule has 2 heteroatoms. The fraction of sp³-hybridized carbons (Fsp3) is 0.667. The molecule has 114 valence electrons. The maximum Gasteiger partial charge on any atom is 0.123 e. The largest absolute Gasteiger partial charge is 0.507 e. The molecule has 0 saturated carbocycles. The Bertz CT molecular complexity index is 414. The highest BCUT2D eigenvalue weighted by molar-refractivity contribution is 6.17. The lowest BCUT2D eigenvalue weighted by Crippen LogP contribution is -2.18. The molecule has 0 heterocycles.